The Kier molecular flexibility index (Phi) is 14.6. The summed E-state index contributed by atoms with van der Waals surface area (Å²) in [4.78, 5) is 18.6. The van der Waals surface area contributed by atoms with E-state index in [2.05, 4.69) is 27.4 Å². The number of aliphatic imine (C=N–C) groups is 1. The van der Waals surface area contributed by atoms with Crippen molar-refractivity contribution in [1.29, 1.82) is 0 Å². The van der Waals surface area contributed by atoms with Crippen molar-refractivity contribution in [2.24, 2.45) is 10.9 Å². The molecule has 0 radical (unpaired) electrons. The number of carbonyl (C=O) groups excluding carboxylic acids is 1. The Labute approximate surface area is 187 Å². The fourth-order valence-corrected chi connectivity index (χ4v) is 2.75. The van der Waals surface area contributed by atoms with Crippen LogP contribution in [0.1, 0.15) is 40.5 Å². The minimum absolute atomic E-state index is 0. The number of ether oxygens (including phenoxy) is 3. The van der Waals surface area contributed by atoms with E-state index in [1.54, 1.807) is 7.11 Å². The third kappa shape index (κ3) is 12.6. The maximum absolute atomic E-state index is 11.6. The number of halogens is 1. The number of guanidine groups is 1. The molecule has 166 valence electrons. The van der Waals surface area contributed by atoms with Crippen LogP contribution in [0.5, 0.6) is 0 Å². The van der Waals surface area contributed by atoms with Gasteiger partial charge in [0.15, 0.2) is 5.96 Å². The standard InChI is InChI=1S/C19H38N4O4.HI/c1-6-20-17(21-9-7-10-22-18(24)27-19(2,3)4)23-11-8-16(14-23)15-26-13-12-25-5;/h16H,6-15H2,1-5H3,(H,20,21)(H,22,24);1H. The van der Waals surface area contributed by atoms with Crippen molar-refractivity contribution in [3.8, 4) is 0 Å². The molecule has 1 fully saturated rings. The Morgan fingerprint density at radius 3 is 2.64 bits per heavy atom. The molecular formula is C19H39IN4O4. The smallest absolute Gasteiger partial charge is 0.407 e. The maximum Gasteiger partial charge on any atom is 0.407 e. The lowest BCUT2D eigenvalue weighted by Crippen LogP contribution is -2.40. The first-order valence-corrected chi connectivity index (χ1v) is 9.92. The normalized spacial score (nSPS) is 17.2. The van der Waals surface area contributed by atoms with Gasteiger partial charge in [-0.25, -0.2) is 4.79 Å². The number of carbonyl (C=O) groups is 1. The summed E-state index contributed by atoms with van der Waals surface area (Å²) in [6.07, 6.45) is 1.50. The fourth-order valence-electron chi connectivity index (χ4n) is 2.75. The minimum Gasteiger partial charge on any atom is -0.444 e. The largest absolute Gasteiger partial charge is 0.444 e. The quantitative estimate of drug-likeness (QED) is 0.202. The lowest BCUT2D eigenvalue weighted by Gasteiger charge is -2.22. The summed E-state index contributed by atoms with van der Waals surface area (Å²) >= 11 is 0. The van der Waals surface area contributed by atoms with Gasteiger partial charge in [-0.2, -0.15) is 0 Å². The Morgan fingerprint density at radius 1 is 1.25 bits per heavy atom. The molecule has 0 saturated carbocycles. The molecule has 1 unspecified atom stereocenters. The highest BCUT2D eigenvalue weighted by atomic mass is 127. The van der Waals surface area contributed by atoms with Crippen LogP contribution in [0.4, 0.5) is 4.79 Å². The van der Waals surface area contributed by atoms with Gasteiger partial charge in [0.05, 0.1) is 19.8 Å². The molecule has 1 amide bonds. The van der Waals surface area contributed by atoms with Gasteiger partial charge in [0, 0.05) is 45.8 Å². The van der Waals surface area contributed by atoms with Crippen molar-refractivity contribution in [3.05, 3.63) is 0 Å². The van der Waals surface area contributed by atoms with Crippen molar-refractivity contribution in [2.75, 3.05) is 59.7 Å². The van der Waals surface area contributed by atoms with Gasteiger partial charge in [0.2, 0.25) is 0 Å². The molecule has 0 aromatic rings. The molecule has 0 spiro atoms. The summed E-state index contributed by atoms with van der Waals surface area (Å²) < 4.78 is 15.9. The molecule has 0 bridgehead atoms. The number of amides is 1. The molecule has 2 N–H and O–H groups in total. The molecular weight excluding hydrogens is 475 g/mol. The zero-order chi connectivity index (χ0) is 20.1. The highest BCUT2D eigenvalue weighted by Gasteiger charge is 2.24. The molecule has 28 heavy (non-hydrogen) atoms. The number of hydrogen-bond donors (Lipinski definition) is 2. The van der Waals surface area contributed by atoms with Crippen molar-refractivity contribution in [2.45, 2.75) is 46.1 Å². The van der Waals surface area contributed by atoms with Crippen LogP contribution >= 0.6 is 24.0 Å². The molecule has 1 aliphatic heterocycles. The monoisotopic (exact) mass is 514 g/mol. The van der Waals surface area contributed by atoms with Gasteiger partial charge in [0.25, 0.3) is 0 Å². The summed E-state index contributed by atoms with van der Waals surface area (Å²) in [7, 11) is 1.68. The highest BCUT2D eigenvalue weighted by molar-refractivity contribution is 14.0. The van der Waals surface area contributed by atoms with Crippen LogP contribution in [0, 0.1) is 5.92 Å². The van der Waals surface area contributed by atoms with Crippen LogP contribution in [-0.2, 0) is 14.2 Å². The van der Waals surface area contributed by atoms with E-state index >= 15 is 0 Å². The van der Waals surface area contributed by atoms with Crippen molar-refractivity contribution < 1.29 is 19.0 Å². The van der Waals surface area contributed by atoms with Crippen LogP contribution < -0.4 is 10.6 Å². The molecule has 1 saturated heterocycles. The molecule has 0 aromatic carbocycles. The molecule has 0 aromatic heterocycles. The number of likely N-dealkylation sites (tertiary alicyclic amines) is 1. The number of hydrogen-bond acceptors (Lipinski definition) is 5. The number of nitrogens with one attached hydrogen (secondary N) is 2. The van der Waals surface area contributed by atoms with Crippen molar-refractivity contribution >= 4 is 36.0 Å². The Bertz CT molecular complexity index is 458. The summed E-state index contributed by atoms with van der Waals surface area (Å²) in [5.74, 6) is 1.47. The van der Waals surface area contributed by atoms with Gasteiger partial charge in [-0.3, -0.25) is 4.99 Å². The first kappa shape index (κ1) is 27.2. The number of alkyl carbamates (subject to hydrolysis) is 1. The number of nitrogens with zero attached hydrogens (tertiary/aromatic N) is 2. The van der Waals surface area contributed by atoms with Crippen molar-refractivity contribution in [3.63, 3.8) is 0 Å². The summed E-state index contributed by atoms with van der Waals surface area (Å²) in [6.45, 7) is 13.7. The van der Waals surface area contributed by atoms with E-state index in [-0.39, 0.29) is 30.1 Å². The van der Waals surface area contributed by atoms with Crippen LogP contribution in [0.3, 0.4) is 0 Å². The van der Waals surface area contributed by atoms with Crippen LogP contribution in [0.25, 0.3) is 0 Å². The zero-order valence-electron chi connectivity index (χ0n) is 18.1. The van der Waals surface area contributed by atoms with E-state index in [9.17, 15) is 4.79 Å². The second kappa shape index (κ2) is 15.1. The minimum atomic E-state index is -0.472. The van der Waals surface area contributed by atoms with E-state index < -0.39 is 5.60 Å². The fraction of sp³-hybridized carbons (Fsp3) is 0.895. The van der Waals surface area contributed by atoms with Crippen LogP contribution in [-0.4, -0.2) is 82.2 Å². The summed E-state index contributed by atoms with van der Waals surface area (Å²) in [6, 6.07) is 0. The summed E-state index contributed by atoms with van der Waals surface area (Å²) in [5.41, 5.74) is -0.472. The van der Waals surface area contributed by atoms with Gasteiger partial charge in [0.1, 0.15) is 5.60 Å². The van der Waals surface area contributed by atoms with E-state index in [1.165, 1.54) is 0 Å². The van der Waals surface area contributed by atoms with E-state index in [4.69, 9.17) is 14.2 Å². The lowest BCUT2D eigenvalue weighted by molar-refractivity contribution is 0.0527. The second-order valence-electron chi connectivity index (χ2n) is 7.69. The Morgan fingerprint density at radius 2 is 2.00 bits per heavy atom. The molecule has 8 nitrogen and oxygen atoms in total. The third-order valence-corrected chi connectivity index (χ3v) is 3.97. The average Bonchev–Trinajstić information content (AvgIpc) is 3.04. The third-order valence-electron chi connectivity index (χ3n) is 3.97. The van der Waals surface area contributed by atoms with Crippen LogP contribution in [0.15, 0.2) is 4.99 Å². The van der Waals surface area contributed by atoms with Gasteiger partial charge in [-0.1, -0.05) is 0 Å². The Balaban J connectivity index is 0.00000729. The molecule has 1 rings (SSSR count). The predicted octanol–water partition coefficient (Wildman–Crippen LogP) is 2.47. The molecule has 1 atom stereocenters. The Hall–Kier alpha value is -0.810. The van der Waals surface area contributed by atoms with Crippen molar-refractivity contribution in [1.82, 2.24) is 15.5 Å². The predicted molar refractivity (Wildman–Crippen MR) is 123 cm³/mol. The average molecular weight is 514 g/mol. The maximum atomic E-state index is 11.6. The first-order valence-electron chi connectivity index (χ1n) is 9.92. The summed E-state index contributed by atoms with van der Waals surface area (Å²) in [5, 5.41) is 6.12. The highest BCUT2D eigenvalue weighted by Crippen LogP contribution is 2.16. The lowest BCUT2D eigenvalue weighted by atomic mass is 10.1. The molecule has 0 aliphatic carbocycles. The number of methoxy groups -OCH3 is 1. The molecule has 1 aliphatic rings. The van der Waals surface area contributed by atoms with Gasteiger partial charge >= 0.3 is 6.09 Å². The van der Waals surface area contributed by atoms with Gasteiger partial charge in [-0.05, 0) is 40.5 Å². The number of rotatable bonds is 10. The van der Waals surface area contributed by atoms with E-state index in [0.717, 1.165) is 45.0 Å². The second-order valence-corrected chi connectivity index (χ2v) is 7.69. The molecule has 1 heterocycles. The molecule has 9 heteroatoms. The zero-order valence-corrected chi connectivity index (χ0v) is 20.4. The first-order chi connectivity index (χ1) is 12.9. The van der Waals surface area contributed by atoms with E-state index in [0.29, 0.717) is 32.2 Å². The SMILES string of the molecule is CCNC(=NCCCNC(=O)OC(C)(C)C)N1CCC(COCCOC)C1.I. The van der Waals surface area contributed by atoms with Crippen LogP contribution in [0.2, 0.25) is 0 Å². The topological polar surface area (TPSA) is 84.4 Å². The van der Waals surface area contributed by atoms with E-state index in [1.807, 2.05) is 20.8 Å². The van der Waals surface area contributed by atoms with Gasteiger partial charge < -0.3 is 29.7 Å². The van der Waals surface area contributed by atoms with Gasteiger partial charge in [-0.15, -0.1) is 24.0 Å².